The minimum atomic E-state index is -1.03. The van der Waals surface area contributed by atoms with Gasteiger partial charge in [0.05, 0.1) is 23.4 Å². The van der Waals surface area contributed by atoms with E-state index in [1.165, 1.54) is 0 Å². The van der Waals surface area contributed by atoms with E-state index in [2.05, 4.69) is 6.07 Å². The van der Waals surface area contributed by atoms with Crippen LogP contribution < -0.4 is 5.56 Å². The average Bonchev–Trinajstić information content (AvgIpc) is 3.05. The number of hydrogen-bond donors (Lipinski definition) is 0. The van der Waals surface area contributed by atoms with E-state index in [1.807, 2.05) is 37.3 Å². The van der Waals surface area contributed by atoms with E-state index in [0.29, 0.717) is 31.4 Å². The van der Waals surface area contributed by atoms with Crippen molar-refractivity contribution in [1.29, 1.82) is 0 Å². The minimum Gasteiger partial charge on any atom is -0.366 e. The van der Waals surface area contributed by atoms with Crippen molar-refractivity contribution in [2.45, 2.75) is 38.3 Å². The third-order valence-corrected chi connectivity index (χ3v) is 6.11. The van der Waals surface area contributed by atoms with Gasteiger partial charge in [-0.2, -0.15) is 0 Å². The normalized spacial score (nSPS) is 20.4. The second-order valence-electron chi connectivity index (χ2n) is 7.31. The second-order valence-corrected chi connectivity index (χ2v) is 7.31. The van der Waals surface area contributed by atoms with E-state index in [4.69, 9.17) is 9.72 Å². The highest BCUT2D eigenvalue weighted by Crippen LogP contribution is 2.40. The highest BCUT2D eigenvalue weighted by molar-refractivity contribution is 5.91. The van der Waals surface area contributed by atoms with Crippen LogP contribution >= 0.6 is 0 Å². The number of methoxy groups -OCH3 is 1. The molecule has 0 bridgehead atoms. The number of rotatable bonds is 2. The Labute approximate surface area is 156 Å². The first-order valence-corrected chi connectivity index (χ1v) is 9.33. The summed E-state index contributed by atoms with van der Waals surface area (Å²) in [6.45, 7) is 2.45. The van der Waals surface area contributed by atoms with Crippen LogP contribution in [0.2, 0.25) is 0 Å². The molecular formula is C22H20N2O3. The van der Waals surface area contributed by atoms with Crippen molar-refractivity contribution in [3.8, 4) is 11.4 Å². The van der Waals surface area contributed by atoms with Crippen molar-refractivity contribution < 1.29 is 9.53 Å². The molecule has 0 N–H and O–H groups in total. The second kappa shape index (κ2) is 5.60. The zero-order valence-electron chi connectivity index (χ0n) is 15.4. The molecule has 0 amide bonds. The van der Waals surface area contributed by atoms with Crippen LogP contribution in [0.4, 0.5) is 0 Å². The van der Waals surface area contributed by atoms with Crippen molar-refractivity contribution in [3.05, 3.63) is 63.4 Å². The molecule has 1 aliphatic heterocycles. The van der Waals surface area contributed by atoms with Gasteiger partial charge in [0.15, 0.2) is 11.4 Å². The summed E-state index contributed by atoms with van der Waals surface area (Å²) in [5, 5.41) is 1.07. The molecular weight excluding hydrogens is 340 g/mol. The van der Waals surface area contributed by atoms with Crippen molar-refractivity contribution in [2.75, 3.05) is 7.11 Å². The summed E-state index contributed by atoms with van der Waals surface area (Å²) in [4.78, 5) is 30.8. The molecule has 0 spiro atoms. The summed E-state index contributed by atoms with van der Waals surface area (Å²) in [6, 6.07) is 12.0. The van der Waals surface area contributed by atoms with Crippen molar-refractivity contribution in [2.24, 2.45) is 0 Å². The van der Waals surface area contributed by atoms with Crippen LogP contribution in [0.3, 0.4) is 0 Å². The fraction of sp³-hybridized carbons (Fsp3) is 0.318. The van der Waals surface area contributed by atoms with Gasteiger partial charge in [-0.15, -0.1) is 0 Å². The van der Waals surface area contributed by atoms with Crippen LogP contribution in [-0.2, 0) is 28.1 Å². The lowest BCUT2D eigenvalue weighted by molar-refractivity contribution is -0.144. The number of pyridine rings is 2. The molecule has 1 aliphatic carbocycles. The van der Waals surface area contributed by atoms with E-state index in [1.54, 1.807) is 11.7 Å². The summed E-state index contributed by atoms with van der Waals surface area (Å²) in [6.07, 6.45) is 1.33. The average molecular weight is 360 g/mol. The summed E-state index contributed by atoms with van der Waals surface area (Å²) >= 11 is 0. The largest absolute Gasteiger partial charge is 0.366 e. The van der Waals surface area contributed by atoms with Crippen LogP contribution in [0.15, 0.2) is 41.2 Å². The standard InChI is InChI=1S/C22H20N2O3/c1-3-22(27-2)16-11-18-20-14(10-13-6-4-5-7-17(13)23-20)12-24(18)21(26)15(16)8-9-19(22)25/h4-7,10-11H,3,8-9,12H2,1-2H3/t22-/m0/s1. The number of hydrogen-bond acceptors (Lipinski definition) is 4. The van der Waals surface area contributed by atoms with Gasteiger partial charge in [-0.3, -0.25) is 9.59 Å². The summed E-state index contributed by atoms with van der Waals surface area (Å²) in [7, 11) is 1.56. The van der Waals surface area contributed by atoms with Crippen LogP contribution in [0.25, 0.3) is 22.3 Å². The molecule has 0 saturated carbocycles. The van der Waals surface area contributed by atoms with E-state index in [9.17, 15) is 9.59 Å². The molecule has 27 heavy (non-hydrogen) atoms. The highest BCUT2D eigenvalue weighted by Gasteiger charge is 2.44. The summed E-state index contributed by atoms with van der Waals surface area (Å²) in [5.41, 5.74) is 3.94. The predicted octanol–water partition coefficient (Wildman–Crippen LogP) is 3.19. The van der Waals surface area contributed by atoms with Gasteiger partial charge in [-0.1, -0.05) is 25.1 Å². The Morgan fingerprint density at radius 1 is 1.19 bits per heavy atom. The smallest absolute Gasteiger partial charge is 0.254 e. The lowest BCUT2D eigenvalue weighted by Gasteiger charge is -2.35. The van der Waals surface area contributed by atoms with E-state index >= 15 is 0 Å². The number of ketones is 1. The monoisotopic (exact) mass is 360 g/mol. The number of benzene rings is 1. The number of para-hydroxylation sites is 1. The molecule has 0 saturated heterocycles. The van der Waals surface area contributed by atoms with Gasteiger partial charge < -0.3 is 9.30 Å². The van der Waals surface area contributed by atoms with Gasteiger partial charge >= 0.3 is 0 Å². The Bertz CT molecular complexity index is 1170. The third-order valence-electron chi connectivity index (χ3n) is 6.11. The molecule has 3 heterocycles. The number of carbonyl (C=O) groups excluding carboxylic acids is 1. The fourth-order valence-corrected chi connectivity index (χ4v) is 4.66. The van der Waals surface area contributed by atoms with Crippen LogP contribution in [-0.4, -0.2) is 22.4 Å². The molecule has 2 aliphatic rings. The first-order valence-electron chi connectivity index (χ1n) is 9.33. The van der Waals surface area contributed by atoms with Crippen LogP contribution in [0.1, 0.15) is 36.5 Å². The number of aromatic nitrogens is 2. The minimum absolute atomic E-state index is 0.0214. The fourth-order valence-electron chi connectivity index (χ4n) is 4.66. The molecule has 5 nitrogen and oxygen atoms in total. The number of carbonyl (C=O) groups is 1. The molecule has 3 aromatic rings. The maximum absolute atomic E-state index is 13.3. The maximum Gasteiger partial charge on any atom is 0.254 e. The van der Waals surface area contributed by atoms with Crippen LogP contribution in [0, 0.1) is 0 Å². The highest BCUT2D eigenvalue weighted by atomic mass is 16.5. The first kappa shape index (κ1) is 16.4. The number of ether oxygens (including phenoxy) is 1. The van der Waals surface area contributed by atoms with E-state index < -0.39 is 5.60 Å². The molecule has 136 valence electrons. The van der Waals surface area contributed by atoms with Crippen molar-refractivity contribution in [3.63, 3.8) is 0 Å². The van der Waals surface area contributed by atoms with Gasteiger partial charge in [0.25, 0.3) is 5.56 Å². The Hall–Kier alpha value is -2.79. The lowest BCUT2D eigenvalue weighted by Crippen LogP contribution is -2.44. The number of Topliss-reactive ketones (excluding diaryl/α,β-unsaturated/α-hetero) is 1. The number of nitrogens with zero attached hydrogens (tertiary/aromatic N) is 2. The van der Waals surface area contributed by atoms with Gasteiger partial charge in [0, 0.05) is 35.6 Å². The molecule has 2 aromatic heterocycles. The zero-order valence-corrected chi connectivity index (χ0v) is 15.4. The lowest BCUT2D eigenvalue weighted by atomic mass is 9.76. The van der Waals surface area contributed by atoms with Crippen molar-refractivity contribution >= 4 is 16.7 Å². The SMILES string of the molecule is CC[C@@]1(OC)C(=O)CCc2c1cc1n(c2=O)Cc2cc3ccccc3nc2-1. The topological polar surface area (TPSA) is 61.2 Å². The summed E-state index contributed by atoms with van der Waals surface area (Å²) in [5.74, 6) is 0.0500. The van der Waals surface area contributed by atoms with Gasteiger partial charge in [0.1, 0.15) is 0 Å². The molecule has 5 rings (SSSR count). The maximum atomic E-state index is 13.3. The molecule has 0 unspecified atom stereocenters. The molecule has 1 aromatic carbocycles. The Kier molecular flexibility index (Phi) is 3.40. The molecule has 1 atom stereocenters. The Morgan fingerprint density at radius 2 is 2.00 bits per heavy atom. The number of fused-ring (bicyclic) bond motifs is 5. The molecule has 0 fully saturated rings. The van der Waals surface area contributed by atoms with Crippen LogP contribution in [0.5, 0.6) is 0 Å². The van der Waals surface area contributed by atoms with Gasteiger partial charge in [-0.25, -0.2) is 4.98 Å². The zero-order chi connectivity index (χ0) is 18.8. The molecule has 5 heteroatoms. The third kappa shape index (κ3) is 2.06. The summed E-state index contributed by atoms with van der Waals surface area (Å²) < 4.78 is 7.51. The van der Waals surface area contributed by atoms with Gasteiger partial charge in [-0.05, 0) is 31.0 Å². The Morgan fingerprint density at radius 3 is 2.78 bits per heavy atom. The van der Waals surface area contributed by atoms with E-state index in [-0.39, 0.29) is 11.3 Å². The van der Waals surface area contributed by atoms with E-state index in [0.717, 1.165) is 33.4 Å². The molecule has 0 radical (unpaired) electrons. The van der Waals surface area contributed by atoms with Crippen molar-refractivity contribution in [1.82, 2.24) is 9.55 Å². The Balaban J connectivity index is 1.81. The predicted molar refractivity (Wildman–Crippen MR) is 103 cm³/mol. The van der Waals surface area contributed by atoms with Gasteiger partial charge in [0.2, 0.25) is 0 Å². The quantitative estimate of drug-likeness (QED) is 0.551. The first-order chi connectivity index (χ1) is 13.1.